The van der Waals surface area contributed by atoms with Crippen molar-refractivity contribution >= 4 is 11.7 Å². The van der Waals surface area contributed by atoms with Gasteiger partial charge in [-0.2, -0.15) is 0 Å². The lowest BCUT2D eigenvalue weighted by molar-refractivity contribution is 0.0270. The van der Waals surface area contributed by atoms with Crippen molar-refractivity contribution in [3.8, 4) is 0 Å². The normalized spacial score (nSPS) is 19.5. The Kier molecular flexibility index (Phi) is 6.15. The Morgan fingerprint density at radius 3 is 2.61 bits per heavy atom. The van der Waals surface area contributed by atoms with Crippen molar-refractivity contribution in [3.63, 3.8) is 0 Å². The minimum atomic E-state index is -0.467. The Morgan fingerprint density at radius 2 is 1.94 bits per heavy atom. The molecule has 0 spiro atoms. The van der Waals surface area contributed by atoms with Crippen LogP contribution >= 0.6 is 0 Å². The molecule has 0 saturated heterocycles. The predicted molar refractivity (Wildman–Crippen MR) is 124 cm³/mol. The van der Waals surface area contributed by atoms with Gasteiger partial charge in [-0.25, -0.2) is 4.79 Å². The van der Waals surface area contributed by atoms with Crippen molar-refractivity contribution in [2.24, 2.45) is 0 Å². The van der Waals surface area contributed by atoms with Crippen molar-refractivity contribution in [3.05, 3.63) is 71.1 Å². The molecular formula is C26H33N3O2. The Hall–Kier alpha value is -2.66. The summed E-state index contributed by atoms with van der Waals surface area (Å²) >= 11 is 0. The summed E-state index contributed by atoms with van der Waals surface area (Å²) in [5.74, 6) is 0.398. The largest absolute Gasteiger partial charge is 0.444 e. The topological polar surface area (TPSA) is 45.7 Å². The quantitative estimate of drug-likeness (QED) is 0.684. The van der Waals surface area contributed by atoms with Gasteiger partial charge in [-0.05, 0) is 50.0 Å². The summed E-state index contributed by atoms with van der Waals surface area (Å²) in [5, 5.41) is 0. The minimum absolute atomic E-state index is 0.242. The van der Waals surface area contributed by atoms with Crippen LogP contribution in [0.5, 0.6) is 0 Å². The number of pyridine rings is 1. The zero-order chi connectivity index (χ0) is 22.0. The molecule has 3 heterocycles. The van der Waals surface area contributed by atoms with Gasteiger partial charge in [0.25, 0.3) is 0 Å². The van der Waals surface area contributed by atoms with E-state index in [0.717, 1.165) is 31.7 Å². The molecule has 0 aliphatic carbocycles. The van der Waals surface area contributed by atoms with Crippen LogP contribution in [0.1, 0.15) is 62.5 Å². The lowest BCUT2D eigenvalue weighted by atomic mass is 9.94. The van der Waals surface area contributed by atoms with E-state index in [9.17, 15) is 4.79 Å². The van der Waals surface area contributed by atoms with Gasteiger partial charge in [0, 0.05) is 44.3 Å². The maximum absolute atomic E-state index is 12.3. The second-order valence-electron chi connectivity index (χ2n) is 9.70. The summed E-state index contributed by atoms with van der Waals surface area (Å²) < 4.78 is 5.50. The molecule has 164 valence electrons. The van der Waals surface area contributed by atoms with Crippen LogP contribution in [0.4, 0.5) is 4.79 Å². The highest BCUT2D eigenvalue weighted by molar-refractivity contribution is 5.72. The van der Waals surface area contributed by atoms with Gasteiger partial charge in [-0.1, -0.05) is 49.4 Å². The molecule has 0 radical (unpaired) electrons. The molecule has 1 aromatic carbocycles. The molecule has 0 N–H and O–H groups in total. The highest BCUT2D eigenvalue weighted by Gasteiger charge is 2.26. The van der Waals surface area contributed by atoms with E-state index in [0.29, 0.717) is 19.0 Å². The van der Waals surface area contributed by atoms with Crippen LogP contribution in [0.15, 0.2) is 48.5 Å². The maximum atomic E-state index is 12.3. The average molecular weight is 420 g/mol. The van der Waals surface area contributed by atoms with Crippen molar-refractivity contribution in [2.75, 3.05) is 19.6 Å². The highest BCUT2D eigenvalue weighted by Crippen LogP contribution is 2.30. The molecule has 1 unspecified atom stereocenters. The number of nitrogens with zero attached hydrogens (tertiary/aromatic N) is 3. The first-order chi connectivity index (χ1) is 14.8. The van der Waals surface area contributed by atoms with Crippen molar-refractivity contribution < 1.29 is 9.53 Å². The molecule has 5 nitrogen and oxygen atoms in total. The monoisotopic (exact) mass is 419 g/mol. The van der Waals surface area contributed by atoms with Crippen LogP contribution in [0, 0.1) is 0 Å². The lowest BCUT2D eigenvalue weighted by Crippen LogP contribution is -2.39. The molecule has 1 aromatic heterocycles. The number of ether oxygens (including phenoxy) is 1. The number of carbonyl (C=O) groups excluding carboxylic acids is 1. The number of aromatic nitrogens is 1. The summed E-state index contributed by atoms with van der Waals surface area (Å²) in [6.45, 7) is 12.1. The Morgan fingerprint density at radius 1 is 1.16 bits per heavy atom. The zero-order valence-electron chi connectivity index (χ0n) is 19.1. The summed E-state index contributed by atoms with van der Waals surface area (Å²) in [7, 11) is 0. The first kappa shape index (κ1) is 21.6. The van der Waals surface area contributed by atoms with E-state index in [-0.39, 0.29) is 6.09 Å². The van der Waals surface area contributed by atoms with Gasteiger partial charge < -0.3 is 9.64 Å². The summed E-state index contributed by atoms with van der Waals surface area (Å²) in [5.41, 5.74) is 5.70. The SMILES string of the molecule is CC1CN(Cc2ccccc2)Cc2ccc(C3=CCN(C(=O)OC(C)(C)C)CC3)nc21. The van der Waals surface area contributed by atoms with E-state index < -0.39 is 5.60 Å². The van der Waals surface area contributed by atoms with Crippen LogP contribution in [0.25, 0.3) is 5.57 Å². The molecule has 2 aliphatic rings. The van der Waals surface area contributed by atoms with E-state index in [1.54, 1.807) is 4.90 Å². The zero-order valence-corrected chi connectivity index (χ0v) is 19.1. The number of hydrogen-bond donors (Lipinski definition) is 0. The van der Waals surface area contributed by atoms with Crippen molar-refractivity contribution in [1.29, 1.82) is 0 Å². The van der Waals surface area contributed by atoms with E-state index in [1.807, 2.05) is 20.8 Å². The lowest BCUT2D eigenvalue weighted by Gasteiger charge is -2.33. The molecule has 0 saturated carbocycles. The molecule has 0 fully saturated rings. The van der Waals surface area contributed by atoms with Crippen molar-refractivity contribution in [1.82, 2.24) is 14.8 Å². The third-order valence-electron chi connectivity index (χ3n) is 5.84. The number of rotatable bonds is 3. The minimum Gasteiger partial charge on any atom is -0.444 e. The fourth-order valence-electron chi connectivity index (χ4n) is 4.38. The van der Waals surface area contributed by atoms with Crippen LogP contribution in [-0.2, 0) is 17.8 Å². The third kappa shape index (κ3) is 5.34. The van der Waals surface area contributed by atoms with Gasteiger partial charge in [0.1, 0.15) is 5.60 Å². The van der Waals surface area contributed by atoms with E-state index in [1.165, 1.54) is 22.4 Å². The number of carbonyl (C=O) groups is 1. The third-order valence-corrected chi connectivity index (χ3v) is 5.84. The number of amides is 1. The molecule has 2 aliphatic heterocycles. The molecule has 0 bridgehead atoms. The summed E-state index contributed by atoms with van der Waals surface area (Å²) in [6, 6.07) is 15.0. The second kappa shape index (κ2) is 8.83. The van der Waals surface area contributed by atoms with Crippen LogP contribution in [0.2, 0.25) is 0 Å². The van der Waals surface area contributed by atoms with Gasteiger partial charge >= 0.3 is 6.09 Å². The summed E-state index contributed by atoms with van der Waals surface area (Å²) in [4.78, 5) is 21.6. The molecule has 2 aromatic rings. The van der Waals surface area contributed by atoms with Gasteiger partial charge in [0.2, 0.25) is 0 Å². The highest BCUT2D eigenvalue weighted by atomic mass is 16.6. The molecular weight excluding hydrogens is 386 g/mol. The number of hydrogen-bond acceptors (Lipinski definition) is 4. The second-order valence-corrected chi connectivity index (χ2v) is 9.70. The van der Waals surface area contributed by atoms with E-state index in [2.05, 4.69) is 60.4 Å². The predicted octanol–water partition coefficient (Wildman–Crippen LogP) is 5.23. The Balaban J connectivity index is 1.43. The number of fused-ring (bicyclic) bond motifs is 1. The fourth-order valence-corrected chi connectivity index (χ4v) is 4.38. The van der Waals surface area contributed by atoms with Gasteiger partial charge in [-0.3, -0.25) is 9.88 Å². The van der Waals surface area contributed by atoms with Crippen molar-refractivity contribution in [2.45, 2.75) is 58.7 Å². The van der Waals surface area contributed by atoms with Gasteiger partial charge in [0.05, 0.1) is 5.69 Å². The molecule has 1 amide bonds. The smallest absolute Gasteiger partial charge is 0.410 e. The molecule has 5 heteroatoms. The average Bonchev–Trinajstić information content (AvgIpc) is 2.73. The maximum Gasteiger partial charge on any atom is 0.410 e. The number of benzene rings is 1. The molecule has 4 rings (SSSR count). The standard InChI is InChI=1S/C26H33N3O2/c1-19-16-28(17-20-8-6-5-7-9-20)18-22-10-11-23(27-24(19)22)21-12-14-29(15-13-21)25(30)31-26(2,3)4/h5-12,19H,13-18H2,1-4H3. The fraction of sp³-hybridized carbons (Fsp3) is 0.462. The van der Waals surface area contributed by atoms with Gasteiger partial charge in [0.15, 0.2) is 0 Å². The van der Waals surface area contributed by atoms with E-state index in [4.69, 9.17) is 9.72 Å². The van der Waals surface area contributed by atoms with Crippen LogP contribution < -0.4 is 0 Å². The molecule has 1 atom stereocenters. The Labute approximate surface area is 185 Å². The molecule has 31 heavy (non-hydrogen) atoms. The first-order valence-electron chi connectivity index (χ1n) is 11.2. The summed E-state index contributed by atoms with van der Waals surface area (Å²) in [6.07, 6.45) is 2.69. The first-order valence-corrected chi connectivity index (χ1v) is 11.2. The van der Waals surface area contributed by atoms with Gasteiger partial charge in [-0.15, -0.1) is 0 Å². The van der Waals surface area contributed by atoms with E-state index >= 15 is 0 Å². The van der Waals surface area contributed by atoms with Crippen LogP contribution in [-0.4, -0.2) is 46.1 Å². The van der Waals surface area contributed by atoms with Crippen LogP contribution in [0.3, 0.4) is 0 Å². The Bertz CT molecular complexity index is 962.